The smallest absolute Gasteiger partial charge is 0.161 e. The first-order valence-electron chi connectivity index (χ1n) is 23.5. The van der Waals surface area contributed by atoms with Crippen LogP contribution in [-0.2, 0) is 0 Å². The Bertz CT molecular complexity index is 4590. The molecule has 5 heterocycles. The van der Waals surface area contributed by atoms with Gasteiger partial charge in [-0.25, -0.2) is 9.97 Å². The molecule has 6 heteroatoms. The van der Waals surface area contributed by atoms with Crippen LogP contribution in [-0.4, -0.2) is 14.5 Å². The Morgan fingerprint density at radius 2 is 0.829 bits per heavy atom. The molecule has 70 heavy (non-hydrogen) atoms. The highest BCUT2D eigenvalue weighted by molar-refractivity contribution is 6.17. The van der Waals surface area contributed by atoms with Gasteiger partial charge in [0, 0.05) is 65.5 Å². The summed E-state index contributed by atoms with van der Waals surface area (Å²) in [6.45, 7) is 0. The lowest BCUT2D eigenvalue weighted by Gasteiger charge is -2.10. The van der Waals surface area contributed by atoms with Crippen LogP contribution in [0.4, 0.5) is 0 Å². The Kier molecular flexibility index (Phi) is 8.26. The second-order valence-corrected chi connectivity index (χ2v) is 18.0. The van der Waals surface area contributed by atoms with Gasteiger partial charge in [-0.3, -0.25) is 0 Å². The van der Waals surface area contributed by atoms with E-state index in [1.54, 1.807) is 0 Å². The zero-order valence-corrected chi connectivity index (χ0v) is 37.4. The van der Waals surface area contributed by atoms with E-state index >= 15 is 0 Å². The Balaban J connectivity index is 0.853. The fraction of sp³-hybridized carbons (Fsp3) is 0. The van der Waals surface area contributed by atoms with E-state index in [9.17, 15) is 0 Å². The number of benzene rings is 10. The molecule has 0 unspecified atom stereocenters. The molecule has 5 aromatic heterocycles. The maximum absolute atomic E-state index is 6.71. The molecule has 0 aliphatic heterocycles. The Hall–Kier alpha value is -9.52. The number of hydrogen-bond donors (Lipinski definition) is 0. The molecule has 0 N–H and O–H groups in total. The maximum atomic E-state index is 6.71. The van der Waals surface area contributed by atoms with Gasteiger partial charge < -0.3 is 17.8 Å². The van der Waals surface area contributed by atoms with Gasteiger partial charge in [0.05, 0.1) is 22.4 Å². The van der Waals surface area contributed by atoms with Crippen LogP contribution in [0.5, 0.6) is 0 Å². The molecule has 0 spiro atoms. The van der Waals surface area contributed by atoms with Gasteiger partial charge in [0.15, 0.2) is 5.82 Å². The molecule has 0 aliphatic carbocycles. The molecule has 0 atom stereocenters. The van der Waals surface area contributed by atoms with E-state index in [4.69, 9.17) is 23.2 Å². The predicted octanol–water partition coefficient (Wildman–Crippen LogP) is 17.6. The van der Waals surface area contributed by atoms with Gasteiger partial charge in [0.2, 0.25) is 0 Å². The lowest BCUT2D eigenvalue weighted by atomic mass is 9.96. The summed E-state index contributed by atoms with van der Waals surface area (Å²) in [6, 6.07) is 78.4. The third kappa shape index (κ3) is 5.93. The fourth-order valence-corrected chi connectivity index (χ4v) is 10.8. The summed E-state index contributed by atoms with van der Waals surface area (Å²) in [4.78, 5) is 10.6. The highest BCUT2D eigenvalue weighted by Crippen LogP contribution is 2.43. The zero-order chi connectivity index (χ0) is 45.9. The molecule has 15 rings (SSSR count). The first-order chi connectivity index (χ1) is 34.7. The van der Waals surface area contributed by atoms with Crippen LogP contribution >= 0.6 is 0 Å². The van der Waals surface area contributed by atoms with Crippen molar-refractivity contribution < 1.29 is 13.3 Å². The van der Waals surface area contributed by atoms with E-state index < -0.39 is 0 Å². The van der Waals surface area contributed by atoms with E-state index in [2.05, 4.69) is 180 Å². The maximum Gasteiger partial charge on any atom is 0.161 e. The molecule has 326 valence electrons. The van der Waals surface area contributed by atoms with Crippen LogP contribution in [0.2, 0.25) is 0 Å². The van der Waals surface area contributed by atoms with Gasteiger partial charge >= 0.3 is 0 Å². The number of furan rings is 3. The molecular weight excluding hydrogens is 859 g/mol. The Morgan fingerprint density at radius 1 is 0.286 bits per heavy atom. The number of para-hydroxylation sites is 3. The van der Waals surface area contributed by atoms with E-state index in [-0.39, 0.29) is 0 Å². The third-order valence-electron chi connectivity index (χ3n) is 14.0. The third-order valence-corrected chi connectivity index (χ3v) is 14.0. The standard InChI is InChI=1S/C64H37N3O3/c1-3-13-38(14-4-1)52-37-53(42-26-29-47-46-18-8-10-22-56(46)69-60(47)36-42)66-64(65-52)49-20-12-24-59-63(49)51-34-41(28-32-57(51)68-59)44-19-11-23-58-62(44)48-30-25-40(35-61(48)70-58)39-27-31-55-50(33-39)45-17-7-9-21-54(45)67(55)43-15-5-2-6-16-43/h1-37H. The quantitative estimate of drug-likeness (QED) is 0.166. The van der Waals surface area contributed by atoms with E-state index in [1.807, 2.05) is 48.5 Å². The summed E-state index contributed by atoms with van der Waals surface area (Å²) in [6.07, 6.45) is 0. The SMILES string of the molecule is c1ccc(-c2cc(-c3ccc4c(c3)oc3ccccc34)nc(-c3cccc4oc5ccc(-c6cccc7oc8cc(-c9ccc%10c(c9)c9ccccc9n%10-c9ccccc9)ccc8c67)cc5c34)n2)cc1. The first-order valence-corrected chi connectivity index (χ1v) is 23.5. The van der Waals surface area contributed by atoms with Crippen molar-refractivity contribution in [3.63, 3.8) is 0 Å². The molecule has 0 saturated carbocycles. The van der Waals surface area contributed by atoms with Crippen LogP contribution in [0.25, 0.3) is 149 Å². The number of rotatable bonds is 6. The lowest BCUT2D eigenvalue weighted by molar-refractivity contribution is 0.668. The Labute approximate surface area is 399 Å². The van der Waals surface area contributed by atoms with Crippen molar-refractivity contribution in [2.45, 2.75) is 0 Å². The average Bonchev–Trinajstić information content (AvgIpc) is 4.19. The predicted molar refractivity (Wildman–Crippen MR) is 285 cm³/mol. The molecule has 10 aromatic carbocycles. The summed E-state index contributed by atoms with van der Waals surface area (Å²) in [5.74, 6) is 0.611. The van der Waals surface area contributed by atoms with Crippen molar-refractivity contribution in [2.75, 3.05) is 0 Å². The first kappa shape index (κ1) is 38.6. The van der Waals surface area contributed by atoms with Gasteiger partial charge in [-0.1, -0.05) is 133 Å². The molecule has 0 bridgehead atoms. The number of nitrogens with zero attached hydrogens (tertiary/aromatic N) is 3. The van der Waals surface area contributed by atoms with E-state index in [0.29, 0.717) is 5.82 Å². The van der Waals surface area contributed by atoms with Crippen LogP contribution in [0, 0.1) is 0 Å². The lowest BCUT2D eigenvalue weighted by Crippen LogP contribution is -1.96. The van der Waals surface area contributed by atoms with Gasteiger partial charge in [-0.05, 0) is 113 Å². The minimum absolute atomic E-state index is 0.611. The molecule has 0 aliphatic rings. The van der Waals surface area contributed by atoms with Crippen molar-refractivity contribution in [1.82, 2.24) is 14.5 Å². The summed E-state index contributed by atoms with van der Waals surface area (Å²) in [5, 5.41) is 8.68. The van der Waals surface area contributed by atoms with Crippen LogP contribution < -0.4 is 0 Å². The normalized spacial score (nSPS) is 12.0. The molecule has 0 saturated heterocycles. The monoisotopic (exact) mass is 895 g/mol. The molecule has 0 radical (unpaired) electrons. The van der Waals surface area contributed by atoms with Crippen LogP contribution in [0.3, 0.4) is 0 Å². The Morgan fingerprint density at radius 3 is 1.69 bits per heavy atom. The van der Waals surface area contributed by atoms with Crippen molar-refractivity contribution in [1.29, 1.82) is 0 Å². The van der Waals surface area contributed by atoms with Crippen LogP contribution in [0.1, 0.15) is 0 Å². The van der Waals surface area contributed by atoms with Crippen molar-refractivity contribution in [3.05, 3.63) is 224 Å². The summed E-state index contributed by atoms with van der Waals surface area (Å²) in [7, 11) is 0. The topological polar surface area (TPSA) is 70.1 Å². The summed E-state index contributed by atoms with van der Waals surface area (Å²) in [5.41, 5.74) is 17.3. The largest absolute Gasteiger partial charge is 0.456 e. The minimum atomic E-state index is 0.611. The second-order valence-electron chi connectivity index (χ2n) is 18.0. The molecule has 6 nitrogen and oxygen atoms in total. The molecular formula is C64H37N3O3. The van der Waals surface area contributed by atoms with E-state index in [1.165, 1.54) is 21.8 Å². The van der Waals surface area contributed by atoms with E-state index in [0.717, 1.165) is 122 Å². The van der Waals surface area contributed by atoms with Gasteiger partial charge in [-0.2, -0.15) is 0 Å². The number of fused-ring (bicyclic) bond motifs is 12. The highest BCUT2D eigenvalue weighted by atomic mass is 16.3. The fourth-order valence-electron chi connectivity index (χ4n) is 10.8. The average molecular weight is 896 g/mol. The molecule has 0 fully saturated rings. The number of hydrogen-bond acceptors (Lipinski definition) is 5. The van der Waals surface area contributed by atoms with Crippen LogP contribution in [0.15, 0.2) is 238 Å². The summed E-state index contributed by atoms with van der Waals surface area (Å²) >= 11 is 0. The van der Waals surface area contributed by atoms with Crippen molar-refractivity contribution >= 4 is 87.6 Å². The van der Waals surface area contributed by atoms with Crippen molar-refractivity contribution in [2.24, 2.45) is 0 Å². The number of aromatic nitrogens is 3. The summed E-state index contributed by atoms with van der Waals surface area (Å²) < 4.78 is 22.0. The highest BCUT2D eigenvalue weighted by Gasteiger charge is 2.21. The van der Waals surface area contributed by atoms with Gasteiger partial charge in [0.25, 0.3) is 0 Å². The minimum Gasteiger partial charge on any atom is -0.456 e. The zero-order valence-electron chi connectivity index (χ0n) is 37.4. The van der Waals surface area contributed by atoms with Gasteiger partial charge in [-0.15, -0.1) is 0 Å². The molecule has 15 aromatic rings. The second kappa shape index (κ2) is 15.0. The van der Waals surface area contributed by atoms with Gasteiger partial charge in [0.1, 0.15) is 33.5 Å². The van der Waals surface area contributed by atoms with Crippen molar-refractivity contribution in [3.8, 4) is 61.8 Å². The molecule has 0 amide bonds.